The van der Waals surface area contributed by atoms with Crippen molar-refractivity contribution in [2.75, 3.05) is 43.7 Å². The average Bonchev–Trinajstić information content (AvgIpc) is 3.45. The molecular formula is C27H34N6O3S. The molecule has 2 aromatic heterocycles. The van der Waals surface area contributed by atoms with E-state index in [1.54, 1.807) is 18.4 Å². The summed E-state index contributed by atoms with van der Waals surface area (Å²) in [5.74, 6) is 2.28. The Kier molecular flexibility index (Phi) is 6.64. The van der Waals surface area contributed by atoms with Crippen molar-refractivity contribution in [1.29, 1.82) is 0 Å². The van der Waals surface area contributed by atoms with Crippen LogP contribution in [0.4, 0.5) is 11.8 Å². The molecule has 3 unspecified atom stereocenters. The molecule has 196 valence electrons. The Morgan fingerprint density at radius 3 is 2.68 bits per heavy atom. The Hall–Kier alpha value is -2.95. The predicted molar refractivity (Wildman–Crippen MR) is 147 cm³/mol. The number of nitrogens with zero attached hydrogens (tertiary/aromatic N) is 4. The molecule has 9 nitrogen and oxygen atoms in total. The van der Waals surface area contributed by atoms with Gasteiger partial charge in [-0.3, -0.25) is 4.79 Å². The Morgan fingerprint density at radius 1 is 1.16 bits per heavy atom. The molecule has 0 aliphatic carbocycles. The highest BCUT2D eigenvalue weighted by Crippen LogP contribution is 2.47. The van der Waals surface area contributed by atoms with E-state index in [1.807, 2.05) is 25.3 Å². The second-order valence-electron chi connectivity index (χ2n) is 10.3. The molecule has 1 aromatic carbocycles. The third kappa shape index (κ3) is 4.51. The summed E-state index contributed by atoms with van der Waals surface area (Å²) in [4.78, 5) is 27.6. The van der Waals surface area contributed by atoms with E-state index in [0.717, 1.165) is 77.6 Å². The number of hydrogen-bond donors (Lipinski definition) is 2. The smallest absolute Gasteiger partial charge is 0.228 e. The van der Waals surface area contributed by atoms with Crippen LogP contribution in [0.5, 0.6) is 5.75 Å². The first-order chi connectivity index (χ1) is 18.1. The van der Waals surface area contributed by atoms with Gasteiger partial charge < -0.3 is 30.3 Å². The molecule has 5 heterocycles. The van der Waals surface area contributed by atoms with Crippen LogP contribution in [0.15, 0.2) is 29.6 Å². The van der Waals surface area contributed by atoms with Gasteiger partial charge in [0.05, 0.1) is 18.6 Å². The summed E-state index contributed by atoms with van der Waals surface area (Å²) in [6.07, 6.45) is 4.91. The van der Waals surface area contributed by atoms with Gasteiger partial charge >= 0.3 is 0 Å². The van der Waals surface area contributed by atoms with Gasteiger partial charge in [-0.15, -0.1) is 11.3 Å². The Bertz CT molecular complexity index is 1280. The van der Waals surface area contributed by atoms with Crippen LogP contribution in [0.3, 0.4) is 0 Å². The molecular weight excluding hydrogens is 488 g/mol. The van der Waals surface area contributed by atoms with Gasteiger partial charge in [-0.05, 0) is 31.7 Å². The zero-order chi connectivity index (χ0) is 25.5. The largest absolute Gasteiger partial charge is 0.496 e. The minimum Gasteiger partial charge on any atom is -0.496 e. The summed E-state index contributed by atoms with van der Waals surface area (Å²) >= 11 is 1.65. The summed E-state index contributed by atoms with van der Waals surface area (Å²) in [6.45, 7) is 2.19. The van der Waals surface area contributed by atoms with E-state index in [2.05, 4.69) is 26.6 Å². The van der Waals surface area contributed by atoms with Crippen molar-refractivity contribution in [3.8, 4) is 16.9 Å². The SMILES string of the molecule is COc1ccccc1-c1csc2nc(N3CCNC(CC(N)=O)C3)nc(N3C4CCC3CC(OC)C4)c12. The summed E-state index contributed by atoms with van der Waals surface area (Å²) in [5.41, 5.74) is 7.65. The maximum absolute atomic E-state index is 11.6. The Morgan fingerprint density at radius 2 is 1.95 bits per heavy atom. The molecule has 6 rings (SSSR count). The molecule has 3 aromatic rings. The fourth-order valence-electron chi connectivity index (χ4n) is 6.36. The van der Waals surface area contributed by atoms with E-state index in [1.165, 1.54) is 0 Å². The predicted octanol–water partition coefficient (Wildman–Crippen LogP) is 3.17. The van der Waals surface area contributed by atoms with Crippen LogP contribution in [-0.4, -0.2) is 74.0 Å². The number of carbonyl (C=O) groups excluding carboxylic acids is 1. The first-order valence-corrected chi connectivity index (χ1v) is 13.9. The van der Waals surface area contributed by atoms with E-state index < -0.39 is 0 Å². The molecule has 0 saturated carbocycles. The number of amides is 1. The number of primary amides is 1. The highest BCUT2D eigenvalue weighted by atomic mass is 32.1. The number of para-hydroxylation sites is 1. The zero-order valence-corrected chi connectivity index (χ0v) is 22.2. The summed E-state index contributed by atoms with van der Waals surface area (Å²) < 4.78 is 11.5. The highest BCUT2D eigenvalue weighted by molar-refractivity contribution is 7.17. The van der Waals surface area contributed by atoms with Crippen LogP contribution < -0.4 is 25.6 Å². The molecule has 1 amide bonds. The molecule has 0 radical (unpaired) electrons. The van der Waals surface area contributed by atoms with Crippen LogP contribution in [-0.2, 0) is 9.53 Å². The fourth-order valence-corrected chi connectivity index (χ4v) is 7.29. The third-order valence-corrected chi connectivity index (χ3v) is 8.93. The molecule has 3 N–H and O–H groups in total. The van der Waals surface area contributed by atoms with Crippen LogP contribution in [0.2, 0.25) is 0 Å². The van der Waals surface area contributed by atoms with Gasteiger partial charge in [0.1, 0.15) is 16.4 Å². The van der Waals surface area contributed by atoms with Crippen molar-refractivity contribution < 1.29 is 14.3 Å². The first-order valence-electron chi connectivity index (χ1n) is 13.1. The summed E-state index contributed by atoms with van der Waals surface area (Å²) in [6, 6.07) is 8.93. The minimum atomic E-state index is -0.297. The van der Waals surface area contributed by atoms with Gasteiger partial charge in [0.2, 0.25) is 11.9 Å². The Balaban J connectivity index is 1.47. The van der Waals surface area contributed by atoms with Gasteiger partial charge in [-0.2, -0.15) is 4.98 Å². The number of methoxy groups -OCH3 is 2. The van der Waals surface area contributed by atoms with E-state index in [9.17, 15) is 4.79 Å². The first kappa shape index (κ1) is 24.4. The topological polar surface area (TPSA) is 106 Å². The van der Waals surface area contributed by atoms with Crippen LogP contribution in [0.25, 0.3) is 21.3 Å². The van der Waals surface area contributed by atoms with Crippen LogP contribution in [0, 0.1) is 0 Å². The van der Waals surface area contributed by atoms with E-state index in [0.29, 0.717) is 31.2 Å². The molecule has 3 aliphatic heterocycles. The van der Waals surface area contributed by atoms with Crippen molar-refractivity contribution in [3.05, 3.63) is 29.6 Å². The van der Waals surface area contributed by atoms with E-state index >= 15 is 0 Å². The molecule has 3 saturated heterocycles. The third-order valence-electron chi connectivity index (χ3n) is 8.05. The number of hydrogen-bond acceptors (Lipinski definition) is 9. The number of nitrogens with two attached hydrogens (primary N) is 1. The number of rotatable bonds is 7. The average molecular weight is 523 g/mol. The number of aromatic nitrogens is 2. The van der Waals surface area contributed by atoms with Gasteiger partial charge in [0, 0.05) is 67.8 Å². The second-order valence-corrected chi connectivity index (χ2v) is 11.1. The quantitative estimate of drug-likeness (QED) is 0.488. The lowest BCUT2D eigenvalue weighted by Gasteiger charge is -2.40. The number of anilines is 2. The highest BCUT2D eigenvalue weighted by Gasteiger charge is 2.43. The number of thiophene rings is 1. The molecule has 2 bridgehead atoms. The van der Waals surface area contributed by atoms with Crippen molar-refractivity contribution in [2.24, 2.45) is 5.73 Å². The van der Waals surface area contributed by atoms with Crippen LogP contribution in [0.1, 0.15) is 32.1 Å². The van der Waals surface area contributed by atoms with Gasteiger partial charge in [-0.1, -0.05) is 18.2 Å². The number of carbonyl (C=O) groups is 1. The molecule has 0 spiro atoms. The number of fused-ring (bicyclic) bond motifs is 3. The summed E-state index contributed by atoms with van der Waals surface area (Å²) in [7, 11) is 3.54. The number of piperazine rings is 1. The molecule has 3 fully saturated rings. The number of ether oxygens (including phenoxy) is 2. The number of piperidine rings is 1. The normalized spacial score (nSPS) is 25.6. The van der Waals surface area contributed by atoms with Gasteiger partial charge in [-0.25, -0.2) is 4.98 Å². The van der Waals surface area contributed by atoms with Crippen molar-refractivity contribution in [3.63, 3.8) is 0 Å². The zero-order valence-electron chi connectivity index (χ0n) is 21.4. The van der Waals surface area contributed by atoms with Crippen molar-refractivity contribution in [2.45, 2.75) is 56.3 Å². The lowest BCUT2D eigenvalue weighted by atomic mass is 9.98. The molecule has 37 heavy (non-hydrogen) atoms. The van der Waals surface area contributed by atoms with Gasteiger partial charge in [0.15, 0.2) is 0 Å². The number of nitrogens with one attached hydrogen (secondary N) is 1. The molecule has 3 aliphatic rings. The lowest BCUT2D eigenvalue weighted by Crippen LogP contribution is -2.52. The minimum absolute atomic E-state index is 0.00454. The number of benzene rings is 1. The van der Waals surface area contributed by atoms with Crippen LogP contribution >= 0.6 is 11.3 Å². The Labute approximate surface area is 221 Å². The molecule has 3 atom stereocenters. The maximum Gasteiger partial charge on any atom is 0.228 e. The standard InChI is InChI=1S/C27H34N6O3S/c1-35-19-12-17-7-8-18(13-19)33(17)25-24-21(20-5-3-4-6-22(20)36-2)15-37-26(24)31-27(30-25)32-10-9-29-16(14-32)11-23(28)34/h3-6,15-19,29H,7-14H2,1-2H3,(H2,28,34). The van der Waals surface area contributed by atoms with Crippen molar-refractivity contribution >= 4 is 39.2 Å². The summed E-state index contributed by atoms with van der Waals surface area (Å²) in [5, 5.41) is 6.68. The lowest BCUT2D eigenvalue weighted by molar-refractivity contribution is -0.118. The fraction of sp³-hybridized carbons (Fsp3) is 0.519. The molecule has 10 heteroatoms. The van der Waals surface area contributed by atoms with Gasteiger partial charge in [0.25, 0.3) is 0 Å². The maximum atomic E-state index is 11.6. The second kappa shape index (κ2) is 10.1. The van der Waals surface area contributed by atoms with E-state index in [4.69, 9.17) is 25.2 Å². The van der Waals surface area contributed by atoms with Crippen molar-refractivity contribution in [1.82, 2.24) is 15.3 Å². The monoisotopic (exact) mass is 522 g/mol. The van der Waals surface area contributed by atoms with E-state index in [-0.39, 0.29) is 11.9 Å².